The Morgan fingerprint density at radius 1 is 1.18 bits per heavy atom. The summed E-state index contributed by atoms with van der Waals surface area (Å²) in [6.45, 7) is 1.38. The number of benzene rings is 2. The van der Waals surface area contributed by atoms with E-state index in [2.05, 4.69) is 15.4 Å². The van der Waals surface area contributed by atoms with Gasteiger partial charge in [-0.25, -0.2) is 4.98 Å². The summed E-state index contributed by atoms with van der Waals surface area (Å²) < 4.78 is 47.1. The number of aromatic amines is 1. The average Bonchev–Trinajstić information content (AvgIpc) is 3.14. The smallest absolute Gasteiger partial charge is 0.433 e. The van der Waals surface area contributed by atoms with Gasteiger partial charge < -0.3 is 10.1 Å². The van der Waals surface area contributed by atoms with E-state index in [0.717, 1.165) is 0 Å². The fourth-order valence-electron chi connectivity index (χ4n) is 3.47. The van der Waals surface area contributed by atoms with Crippen molar-refractivity contribution in [1.29, 1.82) is 0 Å². The lowest BCUT2D eigenvalue weighted by Gasteiger charge is -2.10. The number of alkyl halides is 3. The first-order chi connectivity index (χ1) is 15.6. The zero-order chi connectivity index (χ0) is 23.9. The summed E-state index contributed by atoms with van der Waals surface area (Å²) >= 11 is 6.00. The number of methoxy groups -OCH3 is 1. The molecule has 0 aliphatic heterocycles. The Labute approximate surface area is 189 Å². The van der Waals surface area contributed by atoms with E-state index in [-0.39, 0.29) is 33.2 Å². The van der Waals surface area contributed by atoms with Crippen LogP contribution in [-0.2, 0) is 6.18 Å². The van der Waals surface area contributed by atoms with Gasteiger partial charge in [0, 0.05) is 16.8 Å². The third-order valence-electron chi connectivity index (χ3n) is 4.90. The number of carbonyl (C=O) groups excluding carboxylic acids is 1. The van der Waals surface area contributed by atoms with Crippen LogP contribution in [0.1, 0.15) is 21.7 Å². The maximum Gasteiger partial charge on any atom is 0.433 e. The number of hydrogen-bond donors (Lipinski definition) is 2. The Morgan fingerprint density at radius 3 is 2.52 bits per heavy atom. The highest BCUT2D eigenvalue weighted by atomic mass is 35.5. The molecule has 0 radical (unpaired) electrons. The summed E-state index contributed by atoms with van der Waals surface area (Å²) in [7, 11) is 1.42. The molecule has 0 saturated carbocycles. The lowest BCUT2D eigenvalue weighted by atomic mass is 10.1. The van der Waals surface area contributed by atoms with Crippen LogP contribution in [0.3, 0.4) is 0 Å². The van der Waals surface area contributed by atoms with Crippen molar-refractivity contribution in [3.63, 3.8) is 0 Å². The zero-order valence-electron chi connectivity index (χ0n) is 17.2. The van der Waals surface area contributed by atoms with Crippen molar-refractivity contribution < 1.29 is 22.7 Å². The second-order valence-electron chi connectivity index (χ2n) is 7.10. The van der Waals surface area contributed by atoms with Crippen LogP contribution in [0.5, 0.6) is 5.75 Å². The van der Waals surface area contributed by atoms with Crippen LogP contribution in [0.4, 0.5) is 18.9 Å². The van der Waals surface area contributed by atoms with Gasteiger partial charge in [-0.1, -0.05) is 41.9 Å². The first-order valence-corrected chi connectivity index (χ1v) is 9.92. The molecule has 33 heavy (non-hydrogen) atoms. The number of hydrogen-bond acceptors (Lipinski definition) is 4. The van der Waals surface area contributed by atoms with Crippen LogP contribution in [0.2, 0.25) is 5.02 Å². The average molecular weight is 477 g/mol. The highest BCUT2D eigenvalue weighted by Gasteiger charge is 2.38. The van der Waals surface area contributed by atoms with Gasteiger partial charge in [-0.3, -0.25) is 14.7 Å². The molecule has 0 bridgehead atoms. The van der Waals surface area contributed by atoms with Crippen LogP contribution in [0, 0.1) is 6.92 Å². The largest absolute Gasteiger partial charge is 0.497 e. The second-order valence-corrected chi connectivity index (χ2v) is 7.53. The highest BCUT2D eigenvalue weighted by Crippen LogP contribution is 2.38. The van der Waals surface area contributed by atoms with Crippen molar-refractivity contribution in [2.24, 2.45) is 0 Å². The number of halogens is 4. The van der Waals surface area contributed by atoms with E-state index in [1.807, 2.05) is 0 Å². The molecule has 0 saturated heterocycles. The Hall–Kier alpha value is -3.79. The normalized spacial score (nSPS) is 11.6. The molecular formula is C22H16ClF3N4O3. The van der Waals surface area contributed by atoms with Crippen molar-refractivity contribution in [3.05, 3.63) is 80.9 Å². The molecular weight excluding hydrogens is 461 g/mol. The molecule has 0 spiro atoms. The number of fused-ring (bicyclic) bond motifs is 1. The van der Waals surface area contributed by atoms with Gasteiger partial charge in [0.1, 0.15) is 17.0 Å². The molecule has 2 aromatic heterocycles. The Kier molecular flexibility index (Phi) is 5.62. The number of nitrogens with one attached hydrogen (secondary N) is 2. The standard InChI is InChI=1S/C22H16ClF3N4O3/c1-11-16(20(31)28-14-8-13(23)9-15(10-14)33-2)21(32)30-19(27-11)17(12-6-4-3-5-7-12)18(29-30)22(24,25)26/h3-10,29H,1-2H3,(H,28,31). The summed E-state index contributed by atoms with van der Waals surface area (Å²) in [6, 6.07) is 12.2. The second kappa shape index (κ2) is 8.28. The van der Waals surface area contributed by atoms with E-state index in [4.69, 9.17) is 16.3 Å². The molecule has 1 amide bonds. The molecule has 0 unspecified atom stereocenters. The number of carbonyl (C=O) groups is 1. The fourth-order valence-corrected chi connectivity index (χ4v) is 3.69. The summed E-state index contributed by atoms with van der Waals surface area (Å²) in [5.41, 5.74) is -2.63. The Morgan fingerprint density at radius 2 is 1.88 bits per heavy atom. The minimum atomic E-state index is -4.79. The van der Waals surface area contributed by atoms with Crippen LogP contribution >= 0.6 is 11.6 Å². The van der Waals surface area contributed by atoms with E-state index >= 15 is 0 Å². The molecule has 2 heterocycles. The third-order valence-corrected chi connectivity index (χ3v) is 5.12. The predicted molar refractivity (Wildman–Crippen MR) is 117 cm³/mol. The van der Waals surface area contributed by atoms with Crippen LogP contribution in [-0.4, -0.2) is 27.6 Å². The van der Waals surface area contributed by atoms with Gasteiger partial charge in [-0.05, 0) is 24.6 Å². The van der Waals surface area contributed by atoms with Crippen molar-refractivity contribution in [3.8, 4) is 16.9 Å². The van der Waals surface area contributed by atoms with Gasteiger partial charge in [-0.15, -0.1) is 0 Å². The van der Waals surface area contributed by atoms with E-state index < -0.39 is 28.9 Å². The molecule has 170 valence electrons. The number of amides is 1. The van der Waals surface area contributed by atoms with E-state index in [1.54, 1.807) is 18.2 Å². The number of H-pyrrole nitrogens is 1. The number of aryl methyl sites for hydroxylation is 1. The number of aromatic nitrogens is 3. The maximum absolute atomic E-state index is 13.8. The molecule has 0 fully saturated rings. The molecule has 0 aliphatic rings. The maximum atomic E-state index is 13.8. The molecule has 2 N–H and O–H groups in total. The van der Waals surface area contributed by atoms with Crippen LogP contribution < -0.4 is 15.6 Å². The van der Waals surface area contributed by atoms with Crippen LogP contribution in [0.15, 0.2) is 53.3 Å². The summed E-state index contributed by atoms with van der Waals surface area (Å²) in [6.07, 6.45) is -4.79. The van der Waals surface area contributed by atoms with Crippen LogP contribution in [0.25, 0.3) is 16.8 Å². The molecule has 0 atom stereocenters. The van der Waals surface area contributed by atoms with Gasteiger partial charge >= 0.3 is 6.18 Å². The molecule has 7 nitrogen and oxygen atoms in total. The first-order valence-electron chi connectivity index (χ1n) is 9.54. The van der Waals surface area contributed by atoms with Crippen molar-refractivity contribution in [2.45, 2.75) is 13.1 Å². The Balaban J connectivity index is 1.88. The van der Waals surface area contributed by atoms with Gasteiger partial charge in [-0.2, -0.15) is 17.7 Å². The topological polar surface area (TPSA) is 88.5 Å². The minimum absolute atomic E-state index is 0.0311. The number of rotatable bonds is 4. The van der Waals surface area contributed by atoms with Gasteiger partial charge in [0.15, 0.2) is 5.65 Å². The fraction of sp³-hybridized carbons (Fsp3) is 0.136. The number of ether oxygens (including phenoxy) is 1. The molecule has 11 heteroatoms. The predicted octanol–water partition coefficient (Wildman–Crippen LogP) is 4.93. The summed E-state index contributed by atoms with van der Waals surface area (Å²) in [4.78, 5) is 30.2. The molecule has 4 aromatic rings. The van der Waals surface area contributed by atoms with Gasteiger partial charge in [0.2, 0.25) is 0 Å². The van der Waals surface area contributed by atoms with E-state index in [9.17, 15) is 22.8 Å². The Bertz CT molecular complexity index is 1430. The van der Waals surface area contributed by atoms with Crippen molar-refractivity contribution in [1.82, 2.24) is 14.6 Å². The number of anilines is 1. The zero-order valence-corrected chi connectivity index (χ0v) is 18.0. The molecule has 4 rings (SSSR count). The quantitative estimate of drug-likeness (QED) is 0.437. The third kappa shape index (κ3) is 4.17. The lowest BCUT2D eigenvalue weighted by molar-refractivity contribution is -0.140. The summed E-state index contributed by atoms with van der Waals surface area (Å²) in [5.74, 6) is -0.486. The number of nitrogens with zero attached hydrogens (tertiary/aromatic N) is 2. The molecule has 0 aliphatic carbocycles. The van der Waals surface area contributed by atoms with Crippen molar-refractivity contribution in [2.75, 3.05) is 12.4 Å². The van der Waals surface area contributed by atoms with Gasteiger partial charge in [0.25, 0.3) is 11.5 Å². The van der Waals surface area contributed by atoms with E-state index in [0.29, 0.717) is 10.3 Å². The highest BCUT2D eigenvalue weighted by molar-refractivity contribution is 6.31. The minimum Gasteiger partial charge on any atom is -0.497 e. The van der Waals surface area contributed by atoms with Crippen molar-refractivity contribution >= 4 is 28.8 Å². The monoisotopic (exact) mass is 476 g/mol. The molecule has 2 aromatic carbocycles. The lowest BCUT2D eigenvalue weighted by Crippen LogP contribution is -2.29. The first kappa shape index (κ1) is 22.4. The SMILES string of the molecule is COc1cc(Cl)cc(NC(=O)c2c(C)nc3c(-c4ccccc4)c(C(F)(F)F)[nH]n3c2=O)c1. The summed E-state index contributed by atoms with van der Waals surface area (Å²) in [5, 5.41) is 4.87. The van der Waals surface area contributed by atoms with E-state index in [1.165, 1.54) is 44.4 Å². The van der Waals surface area contributed by atoms with Gasteiger partial charge in [0.05, 0.1) is 18.4 Å².